The second-order valence-electron chi connectivity index (χ2n) is 6.67. The van der Waals surface area contributed by atoms with Crippen molar-refractivity contribution in [3.05, 3.63) is 72.4 Å². The van der Waals surface area contributed by atoms with E-state index in [1.54, 1.807) is 0 Å². The summed E-state index contributed by atoms with van der Waals surface area (Å²) in [5.74, 6) is -0.0319. The van der Waals surface area contributed by atoms with Crippen LogP contribution >= 0.6 is 0 Å². The average Bonchev–Trinajstić information content (AvgIpc) is 3.17. The first kappa shape index (κ1) is 20.1. The van der Waals surface area contributed by atoms with Gasteiger partial charge in [-0.1, -0.05) is 48.5 Å². The van der Waals surface area contributed by atoms with Crippen LogP contribution in [0.25, 0.3) is 16.9 Å². The molecule has 0 radical (unpaired) electrons. The average molecular weight is 391 g/mol. The van der Waals surface area contributed by atoms with E-state index in [2.05, 4.69) is 10.6 Å². The molecule has 1 aromatic heterocycles. The minimum absolute atomic E-state index is 0.0319. The summed E-state index contributed by atoms with van der Waals surface area (Å²) in [6.45, 7) is 0.875. The number of primary amides is 1. The molecule has 0 bridgehead atoms. The second-order valence-corrected chi connectivity index (χ2v) is 6.67. The van der Waals surface area contributed by atoms with E-state index in [1.807, 2.05) is 71.5 Å². The van der Waals surface area contributed by atoms with Crippen LogP contribution in [0, 0.1) is 0 Å². The Morgan fingerprint density at radius 2 is 1.62 bits per heavy atom. The molecule has 3 amide bonds. The maximum Gasteiger partial charge on any atom is 0.312 e. The highest BCUT2D eigenvalue weighted by atomic mass is 16.2. The predicted molar refractivity (Wildman–Crippen MR) is 112 cm³/mol. The number of aromatic nitrogens is 2. The topological polar surface area (TPSA) is 102 Å². The van der Waals surface area contributed by atoms with Crippen molar-refractivity contribution in [1.29, 1.82) is 0 Å². The van der Waals surface area contributed by atoms with Gasteiger partial charge >= 0.3 is 6.03 Å². The number of hydrogen-bond acceptors (Lipinski definition) is 3. The Bertz CT molecular complexity index is 938. The van der Waals surface area contributed by atoms with Gasteiger partial charge in [-0.05, 0) is 25.0 Å². The molecule has 0 saturated heterocycles. The molecule has 0 aliphatic rings. The normalized spacial score (nSPS) is 10.5. The number of carbonyl (C=O) groups excluding carboxylic acids is 2. The molecule has 29 heavy (non-hydrogen) atoms. The standard InChI is InChI=1S/C22H25N5O2/c23-22(29)24-14-8-7-13-20(28)25-15-18-16-27(19-11-5-2-6-12-19)26-21(18)17-9-3-1-4-10-17/h1-6,9-12,16H,7-8,13-15H2,(H,25,28)(H3,23,24,29). The van der Waals surface area contributed by atoms with Crippen molar-refractivity contribution in [2.45, 2.75) is 25.8 Å². The summed E-state index contributed by atoms with van der Waals surface area (Å²) in [6, 6.07) is 19.3. The van der Waals surface area contributed by atoms with Crippen molar-refractivity contribution < 1.29 is 9.59 Å². The van der Waals surface area contributed by atoms with E-state index in [-0.39, 0.29) is 5.91 Å². The number of carbonyl (C=O) groups is 2. The zero-order valence-corrected chi connectivity index (χ0v) is 16.2. The zero-order valence-electron chi connectivity index (χ0n) is 16.2. The van der Waals surface area contributed by atoms with E-state index in [1.165, 1.54) is 0 Å². The third-order valence-corrected chi connectivity index (χ3v) is 4.46. The van der Waals surface area contributed by atoms with Gasteiger partial charge in [-0.2, -0.15) is 5.10 Å². The van der Waals surface area contributed by atoms with Crippen LogP contribution in [0.1, 0.15) is 24.8 Å². The summed E-state index contributed by atoms with van der Waals surface area (Å²) in [5, 5.41) is 10.2. The Hall–Kier alpha value is -3.61. The Labute approximate surface area is 169 Å². The van der Waals surface area contributed by atoms with Crippen LogP contribution in [0.5, 0.6) is 0 Å². The summed E-state index contributed by atoms with van der Waals surface area (Å²) >= 11 is 0. The Balaban J connectivity index is 1.65. The Morgan fingerprint density at radius 3 is 2.31 bits per heavy atom. The first-order valence-corrected chi connectivity index (χ1v) is 9.63. The smallest absolute Gasteiger partial charge is 0.312 e. The van der Waals surface area contributed by atoms with Crippen LogP contribution < -0.4 is 16.4 Å². The van der Waals surface area contributed by atoms with E-state index < -0.39 is 6.03 Å². The molecule has 0 aliphatic heterocycles. The van der Waals surface area contributed by atoms with Crippen molar-refractivity contribution in [2.75, 3.05) is 6.54 Å². The second kappa shape index (κ2) is 10.1. The zero-order chi connectivity index (χ0) is 20.5. The third kappa shape index (κ3) is 5.93. The molecule has 0 atom stereocenters. The maximum absolute atomic E-state index is 12.2. The number of rotatable bonds is 9. The van der Waals surface area contributed by atoms with Crippen molar-refractivity contribution in [3.63, 3.8) is 0 Å². The lowest BCUT2D eigenvalue weighted by Crippen LogP contribution is -2.30. The summed E-state index contributed by atoms with van der Waals surface area (Å²) in [6.07, 6.45) is 3.74. The largest absolute Gasteiger partial charge is 0.352 e. The van der Waals surface area contributed by atoms with Gasteiger partial charge in [0, 0.05) is 36.8 Å². The van der Waals surface area contributed by atoms with E-state index in [0.717, 1.165) is 22.5 Å². The van der Waals surface area contributed by atoms with Crippen molar-refractivity contribution in [3.8, 4) is 16.9 Å². The van der Waals surface area contributed by atoms with Gasteiger partial charge in [-0.25, -0.2) is 9.48 Å². The number of nitrogens with one attached hydrogen (secondary N) is 2. The molecule has 0 unspecified atom stereocenters. The molecule has 0 aliphatic carbocycles. The molecule has 150 valence electrons. The van der Waals surface area contributed by atoms with E-state index in [4.69, 9.17) is 10.8 Å². The molecule has 1 heterocycles. The fourth-order valence-electron chi connectivity index (χ4n) is 3.00. The third-order valence-electron chi connectivity index (χ3n) is 4.46. The SMILES string of the molecule is NC(=O)NCCCCC(=O)NCc1cn(-c2ccccc2)nc1-c1ccccc1. The summed E-state index contributed by atoms with van der Waals surface area (Å²) in [5.41, 5.74) is 8.78. The van der Waals surface area contributed by atoms with Crippen LogP contribution in [0.4, 0.5) is 4.79 Å². The van der Waals surface area contributed by atoms with Crippen molar-refractivity contribution in [1.82, 2.24) is 20.4 Å². The number of nitrogens with two attached hydrogens (primary N) is 1. The van der Waals surface area contributed by atoms with Crippen LogP contribution in [0.3, 0.4) is 0 Å². The molecule has 3 rings (SSSR count). The number of nitrogens with zero attached hydrogens (tertiary/aromatic N) is 2. The monoisotopic (exact) mass is 391 g/mol. The summed E-state index contributed by atoms with van der Waals surface area (Å²) < 4.78 is 1.83. The molecule has 4 N–H and O–H groups in total. The summed E-state index contributed by atoms with van der Waals surface area (Å²) in [4.78, 5) is 22.8. The van der Waals surface area contributed by atoms with Crippen LogP contribution in [0.15, 0.2) is 66.9 Å². The van der Waals surface area contributed by atoms with E-state index in [0.29, 0.717) is 32.4 Å². The molecular weight excluding hydrogens is 366 g/mol. The van der Waals surface area contributed by atoms with Gasteiger partial charge in [0.25, 0.3) is 0 Å². The Morgan fingerprint density at radius 1 is 0.931 bits per heavy atom. The lowest BCUT2D eigenvalue weighted by molar-refractivity contribution is -0.121. The van der Waals surface area contributed by atoms with Crippen molar-refractivity contribution >= 4 is 11.9 Å². The fourth-order valence-corrected chi connectivity index (χ4v) is 3.00. The lowest BCUT2D eigenvalue weighted by Gasteiger charge is -2.06. The predicted octanol–water partition coefficient (Wildman–Crippen LogP) is 2.99. The highest BCUT2D eigenvalue weighted by Gasteiger charge is 2.13. The molecular formula is C22H25N5O2. The molecule has 2 aromatic carbocycles. The van der Waals surface area contributed by atoms with Gasteiger partial charge in [0.15, 0.2) is 0 Å². The molecule has 0 spiro atoms. The first-order chi connectivity index (χ1) is 14.1. The van der Waals surface area contributed by atoms with Gasteiger partial charge in [0.05, 0.1) is 11.4 Å². The first-order valence-electron chi connectivity index (χ1n) is 9.63. The van der Waals surface area contributed by atoms with Crippen molar-refractivity contribution in [2.24, 2.45) is 5.73 Å². The lowest BCUT2D eigenvalue weighted by atomic mass is 10.1. The van der Waals surface area contributed by atoms with Crippen LogP contribution in [0.2, 0.25) is 0 Å². The van der Waals surface area contributed by atoms with Gasteiger partial charge < -0.3 is 16.4 Å². The quantitative estimate of drug-likeness (QED) is 0.489. The molecule has 0 fully saturated rings. The van der Waals surface area contributed by atoms with Gasteiger partial charge in [-0.15, -0.1) is 0 Å². The van der Waals surface area contributed by atoms with E-state index >= 15 is 0 Å². The number of hydrogen-bond donors (Lipinski definition) is 3. The van der Waals surface area contributed by atoms with Crippen LogP contribution in [-0.4, -0.2) is 28.3 Å². The molecule has 7 nitrogen and oxygen atoms in total. The Kier molecular flexibility index (Phi) is 7.00. The van der Waals surface area contributed by atoms with Gasteiger partial charge in [0.1, 0.15) is 0 Å². The number of urea groups is 1. The summed E-state index contributed by atoms with van der Waals surface area (Å²) in [7, 11) is 0. The highest BCUT2D eigenvalue weighted by molar-refractivity contribution is 5.76. The minimum atomic E-state index is -0.543. The number of para-hydroxylation sites is 1. The molecule has 0 saturated carbocycles. The number of benzene rings is 2. The number of unbranched alkanes of at least 4 members (excludes halogenated alkanes) is 1. The fraction of sp³-hybridized carbons (Fsp3) is 0.227. The molecule has 7 heteroatoms. The number of amides is 3. The van der Waals surface area contributed by atoms with Gasteiger partial charge in [0.2, 0.25) is 5.91 Å². The highest BCUT2D eigenvalue weighted by Crippen LogP contribution is 2.23. The van der Waals surface area contributed by atoms with Gasteiger partial charge in [-0.3, -0.25) is 4.79 Å². The minimum Gasteiger partial charge on any atom is -0.352 e. The molecule has 3 aromatic rings. The van der Waals surface area contributed by atoms with E-state index in [9.17, 15) is 9.59 Å². The van der Waals surface area contributed by atoms with Crippen LogP contribution in [-0.2, 0) is 11.3 Å². The maximum atomic E-state index is 12.2.